The molecule has 3 aliphatic rings. The van der Waals surface area contributed by atoms with E-state index in [1.807, 2.05) is 0 Å². The fourth-order valence-corrected chi connectivity index (χ4v) is 7.55. The van der Waals surface area contributed by atoms with Gasteiger partial charge in [-0.05, 0) is 97.6 Å². The molecule has 2 aromatic carbocycles. The molecule has 2 saturated carbocycles. The molecular weight excluding hydrogens is 394 g/mol. The monoisotopic (exact) mass is 431 g/mol. The van der Waals surface area contributed by atoms with Gasteiger partial charge in [-0.15, -0.1) is 0 Å². The van der Waals surface area contributed by atoms with E-state index >= 15 is 0 Å². The van der Waals surface area contributed by atoms with E-state index in [9.17, 15) is 4.79 Å². The SMILES string of the molecule is CN(Cc1ccccc1)C1CCC2C3CCc4cc(OCCC=O)ccc4C3CCC21C. The first kappa shape index (κ1) is 21.7. The Morgan fingerprint density at radius 2 is 1.94 bits per heavy atom. The van der Waals surface area contributed by atoms with Crippen molar-refractivity contribution in [3.8, 4) is 5.75 Å². The number of hydrogen-bond acceptors (Lipinski definition) is 3. The van der Waals surface area contributed by atoms with Crippen LogP contribution in [0, 0.1) is 17.3 Å². The number of carbonyl (C=O) groups excluding carboxylic acids is 1. The standard InChI is InChI=1S/C29H37NO2/c1-29-16-15-25-24-12-10-23(32-18-6-17-31)19-22(24)9-11-26(25)27(29)13-14-28(29)30(2)20-21-7-4-3-5-8-21/h3-5,7-8,10,12,17,19,25-28H,6,9,11,13-16,18,20H2,1-2H3. The van der Waals surface area contributed by atoms with Crippen LogP contribution in [0.15, 0.2) is 48.5 Å². The third-order valence-electron chi connectivity index (χ3n) is 8.96. The number of hydrogen-bond donors (Lipinski definition) is 0. The van der Waals surface area contributed by atoms with Crippen LogP contribution in [0.25, 0.3) is 0 Å². The Balaban J connectivity index is 1.31. The third-order valence-corrected chi connectivity index (χ3v) is 8.96. The van der Waals surface area contributed by atoms with Crippen LogP contribution >= 0.6 is 0 Å². The maximum Gasteiger partial charge on any atom is 0.123 e. The first-order valence-corrected chi connectivity index (χ1v) is 12.5. The highest BCUT2D eigenvalue weighted by molar-refractivity contribution is 5.49. The van der Waals surface area contributed by atoms with Crippen molar-refractivity contribution in [2.45, 2.75) is 70.4 Å². The van der Waals surface area contributed by atoms with Gasteiger partial charge in [-0.3, -0.25) is 4.90 Å². The fourth-order valence-electron chi connectivity index (χ4n) is 7.55. The Kier molecular flexibility index (Phi) is 6.11. The first-order chi connectivity index (χ1) is 15.6. The van der Waals surface area contributed by atoms with Gasteiger partial charge in [0.2, 0.25) is 0 Å². The van der Waals surface area contributed by atoms with E-state index < -0.39 is 0 Å². The molecule has 32 heavy (non-hydrogen) atoms. The van der Waals surface area contributed by atoms with Gasteiger partial charge in [-0.2, -0.15) is 0 Å². The number of fused-ring (bicyclic) bond motifs is 5. The molecule has 5 unspecified atom stereocenters. The molecule has 0 aromatic heterocycles. The predicted octanol–water partition coefficient (Wildman–Crippen LogP) is 6.01. The van der Waals surface area contributed by atoms with E-state index in [1.54, 1.807) is 5.56 Å². The van der Waals surface area contributed by atoms with Crippen LogP contribution in [0.5, 0.6) is 5.75 Å². The summed E-state index contributed by atoms with van der Waals surface area (Å²) in [6, 6.07) is 18.3. The number of ether oxygens (including phenoxy) is 1. The van der Waals surface area contributed by atoms with Crippen LogP contribution in [0.3, 0.4) is 0 Å². The van der Waals surface area contributed by atoms with Crippen LogP contribution in [0.1, 0.15) is 68.1 Å². The van der Waals surface area contributed by atoms with E-state index in [4.69, 9.17) is 4.74 Å². The lowest BCUT2D eigenvalue weighted by Crippen LogP contribution is -2.49. The fraction of sp³-hybridized carbons (Fsp3) is 0.552. The molecular formula is C29H37NO2. The summed E-state index contributed by atoms with van der Waals surface area (Å²) in [6.07, 6.45) is 9.22. The largest absolute Gasteiger partial charge is 0.493 e. The lowest BCUT2D eigenvalue weighted by molar-refractivity contribution is -0.108. The Morgan fingerprint density at radius 1 is 1.09 bits per heavy atom. The summed E-state index contributed by atoms with van der Waals surface area (Å²) in [4.78, 5) is 13.2. The number of aldehydes is 1. The van der Waals surface area contributed by atoms with E-state index in [1.165, 1.54) is 49.7 Å². The second-order valence-electron chi connectivity index (χ2n) is 10.6. The summed E-state index contributed by atoms with van der Waals surface area (Å²) in [7, 11) is 2.35. The Labute approximate surface area is 193 Å². The summed E-state index contributed by atoms with van der Waals surface area (Å²) < 4.78 is 5.79. The quantitative estimate of drug-likeness (QED) is 0.397. The molecule has 2 aromatic rings. The highest BCUT2D eigenvalue weighted by atomic mass is 16.5. The Morgan fingerprint density at radius 3 is 2.75 bits per heavy atom. The summed E-state index contributed by atoms with van der Waals surface area (Å²) >= 11 is 0. The van der Waals surface area contributed by atoms with Crippen LogP contribution in [-0.2, 0) is 17.8 Å². The molecule has 170 valence electrons. The number of benzene rings is 2. The van der Waals surface area contributed by atoms with Crippen molar-refractivity contribution in [1.29, 1.82) is 0 Å². The van der Waals surface area contributed by atoms with Crippen molar-refractivity contribution in [2.75, 3.05) is 13.7 Å². The van der Waals surface area contributed by atoms with Gasteiger partial charge in [0.05, 0.1) is 6.61 Å². The number of aryl methyl sites for hydroxylation is 1. The van der Waals surface area contributed by atoms with Gasteiger partial charge >= 0.3 is 0 Å². The average Bonchev–Trinajstić information content (AvgIpc) is 3.17. The van der Waals surface area contributed by atoms with Crippen molar-refractivity contribution >= 4 is 6.29 Å². The van der Waals surface area contributed by atoms with Gasteiger partial charge in [0, 0.05) is 19.0 Å². The van der Waals surface area contributed by atoms with Gasteiger partial charge < -0.3 is 9.53 Å². The van der Waals surface area contributed by atoms with Crippen LogP contribution in [0.4, 0.5) is 0 Å². The molecule has 0 bridgehead atoms. The van der Waals surface area contributed by atoms with Gasteiger partial charge in [0.15, 0.2) is 0 Å². The molecule has 3 nitrogen and oxygen atoms in total. The molecule has 0 aliphatic heterocycles. The summed E-state index contributed by atoms with van der Waals surface area (Å²) in [5.74, 6) is 3.28. The van der Waals surface area contributed by atoms with E-state index in [-0.39, 0.29) is 0 Å². The summed E-state index contributed by atoms with van der Waals surface area (Å²) in [5.41, 5.74) is 4.91. The third kappa shape index (κ3) is 3.90. The van der Waals surface area contributed by atoms with Crippen LogP contribution < -0.4 is 4.74 Å². The second kappa shape index (κ2) is 9.02. The topological polar surface area (TPSA) is 29.5 Å². The van der Waals surface area contributed by atoms with Crippen LogP contribution in [0.2, 0.25) is 0 Å². The van der Waals surface area contributed by atoms with Crippen molar-refractivity contribution in [2.24, 2.45) is 17.3 Å². The average molecular weight is 432 g/mol. The van der Waals surface area contributed by atoms with Crippen LogP contribution in [-0.4, -0.2) is 30.9 Å². The molecule has 0 saturated heterocycles. The van der Waals surface area contributed by atoms with Gasteiger partial charge in [0.25, 0.3) is 0 Å². The van der Waals surface area contributed by atoms with Crippen molar-refractivity contribution in [1.82, 2.24) is 4.90 Å². The first-order valence-electron chi connectivity index (χ1n) is 12.5. The smallest absolute Gasteiger partial charge is 0.123 e. The lowest BCUT2D eigenvalue weighted by Gasteiger charge is -2.52. The zero-order valence-electron chi connectivity index (χ0n) is 19.6. The lowest BCUT2D eigenvalue weighted by atomic mass is 9.55. The molecule has 0 heterocycles. The minimum absolute atomic E-state index is 0.431. The number of rotatable bonds is 7. The molecule has 0 N–H and O–H groups in total. The van der Waals surface area contributed by atoms with Crippen molar-refractivity contribution in [3.63, 3.8) is 0 Å². The molecule has 5 atom stereocenters. The summed E-state index contributed by atoms with van der Waals surface area (Å²) in [6.45, 7) is 4.14. The molecule has 2 fully saturated rings. The van der Waals surface area contributed by atoms with Gasteiger partial charge in [-0.25, -0.2) is 0 Å². The minimum Gasteiger partial charge on any atom is -0.493 e. The maximum atomic E-state index is 10.6. The van der Waals surface area contributed by atoms with E-state index in [2.05, 4.69) is 67.4 Å². The molecule has 0 radical (unpaired) electrons. The van der Waals surface area contributed by atoms with E-state index in [0.29, 0.717) is 30.4 Å². The Bertz CT molecular complexity index is 941. The maximum absolute atomic E-state index is 10.6. The van der Waals surface area contributed by atoms with Gasteiger partial charge in [0.1, 0.15) is 12.0 Å². The Hall–Kier alpha value is -2.13. The van der Waals surface area contributed by atoms with E-state index in [0.717, 1.165) is 30.4 Å². The number of carbonyl (C=O) groups is 1. The highest BCUT2D eigenvalue weighted by Crippen LogP contribution is 2.61. The zero-order chi connectivity index (χ0) is 22.1. The normalized spacial score (nSPS) is 31.0. The molecule has 3 heteroatoms. The summed E-state index contributed by atoms with van der Waals surface area (Å²) in [5, 5.41) is 0. The molecule has 5 rings (SSSR count). The number of nitrogens with zero attached hydrogens (tertiary/aromatic N) is 1. The van der Waals surface area contributed by atoms with Crippen molar-refractivity contribution < 1.29 is 9.53 Å². The minimum atomic E-state index is 0.431. The highest BCUT2D eigenvalue weighted by Gasteiger charge is 2.55. The second-order valence-corrected chi connectivity index (χ2v) is 10.6. The molecule has 0 spiro atoms. The molecule has 3 aliphatic carbocycles. The molecule has 0 amide bonds. The predicted molar refractivity (Wildman–Crippen MR) is 129 cm³/mol. The van der Waals surface area contributed by atoms with Crippen molar-refractivity contribution in [3.05, 3.63) is 65.2 Å². The van der Waals surface area contributed by atoms with Gasteiger partial charge in [-0.1, -0.05) is 43.3 Å². The zero-order valence-corrected chi connectivity index (χ0v) is 19.6.